The molecule has 2 aromatic heterocycles. The Labute approximate surface area is 165 Å². The maximum atomic E-state index is 12.2. The number of benzene rings is 3. The zero-order chi connectivity index (χ0) is 20.2. The Morgan fingerprint density at radius 3 is 1.59 bits per heavy atom. The Bertz CT molecular complexity index is 1270. The average molecular weight is 386 g/mol. The number of aromatic hydroxyl groups is 3. The Morgan fingerprint density at radius 1 is 0.655 bits per heavy atom. The van der Waals surface area contributed by atoms with Crippen LogP contribution in [0.2, 0.25) is 0 Å². The largest absolute Gasteiger partial charge is 0.504 e. The van der Waals surface area contributed by atoms with Gasteiger partial charge in [0, 0.05) is 50.9 Å². The van der Waals surface area contributed by atoms with Crippen molar-refractivity contribution in [2.24, 2.45) is 0 Å². The Morgan fingerprint density at radius 2 is 1.10 bits per heavy atom. The van der Waals surface area contributed by atoms with Crippen molar-refractivity contribution >= 4 is 21.8 Å². The maximum absolute atomic E-state index is 12.2. The van der Waals surface area contributed by atoms with Gasteiger partial charge in [-0.05, 0) is 24.3 Å². The Balaban J connectivity index is 1.90. The molecule has 0 aliphatic carbocycles. The fourth-order valence-electron chi connectivity index (χ4n) is 4.01. The molecule has 0 saturated heterocycles. The molecule has 5 rings (SSSR count). The van der Waals surface area contributed by atoms with E-state index >= 15 is 0 Å². The van der Waals surface area contributed by atoms with Gasteiger partial charge in [0.15, 0.2) is 17.2 Å². The van der Waals surface area contributed by atoms with E-state index in [4.69, 9.17) is 0 Å². The van der Waals surface area contributed by atoms with Crippen molar-refractivity contribution in [3.8, 4) is 17.2 Å². The van der Waals surface area contributed by atoms with Crippen molar-refractivity contribution in [2.75, 3.05) is 0 Å². The van der Waals surface area contributed by atoms with Crippen LogP contribution in [0.3, 0.4) is 0 Å². The van der Waals surface area contributed by atoms with Crippen LogP contribution >= 0.6 is 0 Å². The molecular weight excluding hydrogens is 368 g/mol. The summed E-state index contributed by atoms with van der Waals surface area (Å²) < 4.78 is 0. The molecule has 0 atom stereocenters. The van der Waals surface area contributed by atoms with E-state index in [0.29, 0.717) is 11.1 Å². The summed E-state index contributed by atoms with van der Waals surface area (Å²) in [7, 11) is 0. The number of phenols is 3. The molecule has 0 saturated carbocycles. The number of phenolic OH excluding ortho intramolecular Hbond substituents is 3. The number of rotatable bonds is 3. The quantitative estimate of drug-likeness (QED) is 0.263. The average Bonchev–Trinajstić information content (AvgIpc) is 3.36. The van der Waals surface area contributed by atoms with Gasteiger partial charge in [-0.3, -0.25) is 0 Å². The Kier molecular flexibility index (Phi) is 3.59. The molecule has 6 N–H and O–H groups in total. The predicted octanol–water partition coefficient (Wildman–Crippen LogP) is 4.05. The number of para-hydroxylation sites is 2. The molecule has 0 unspecified atom stereocenters. The molecule has 6 nitrogen and oxygen atoms in total. The van der Waals surface area contributed by atoms with Gasteiger partial charge in [0.1, 0.15) is 5.60 Å². The van der Waals surface area contributed by atoms with E-state index in [9.17, 15) is 20.4 Å². The number of aromatic nitrogens is 2. The summed E-state index contributed by atoms with van der Waals surface area (Å²) >= 11 is 0. The lowest BCUT2D eigenvalue weighted by Crippen LogP contribution is -2.28. The third-order valence-electron chi connectivity index (χ3n) is 5.45. The van der Waals surface area contributed by atoms with Gasteiger partial charge in [-0.2, -0.15) is 0 Å². The molecule has 29 heavy (non-hydrogen) atoms. The van der Waals surface area contributed by atoms with Crippen LogP contribution in [0.4, 0.5) is 0 Å². The normalized spacial score (nSPS) is 12.0. The fourth-order valence-corrected chi connectivity index (χ4v) is 4.01. The molecule has 0 aliphatic heterocycles. The monoisotopic (exact) mass is 386 g/mol. The first-order valence-corrected chi connectivity index (χ1v) is 9.11. The smallest absolute Gasteiger partial charge is 0.200 e. The predicted molar refractivity (Wildman–Crippen MR) is 110 cm³/mol. The van der Waals surface area contributed by atoms with Crippen molar-refractivity contribution in [3.05, 3.63) is 89.7 Å². The van der Waals surface area contributed by atoms with Crippen molar-refractivity contribution in [1.82, 2.24) is 9.97 Å². The van der Waals surface area contributed by atoms with Gasteiger partial charge in [0.25, 0.3) is 0 Å². The summed E-state index contributed by atoms with van der Waals surface area (Å²) in [6, 6.07) is 17.7. The minimum Gasteiger partial charge on any atom is -0.504 e. The number of H-pyrrole nitrogens is 2. The highest BCUT2D eigenvalue weighted by Crippen LogP contribution is 2.47. The first-order valence-electron chi connectivity index (χ1n) is 9.11. The van der Waals surface area contributed by atoms with E-state index in [0.717, 1.165) is 21.8 Å². The lowest BCUT2D eigenvalue weighted by Gasteiger charge is -2.29. The second kappa shape index (κ2) is 6.05. The van der Waals surface area contributed by atoms with Gasteiger partial charge in [-0.1, -0.05) is 36.4 Å². The summed E-state index contributed by atoms with van der Waals surface area (Å²) in [5.41, 5.74) is 1.30. The molecule has 0 amide bonds. The highest BCUT2D eigenvalue weighted by molar-refractivity contribution is 5.90. The summed E-state index contributed by atoms with van der Waals surface area (Å²) in [4.78, 5) is 6.34. The van der Waals surface area contributed by atoms with Crippen molar-refractivity contribution < 1.29 is 20.4 Å². The topological polar surface area (TPSA) is 112 Å². The van der Waals surface area contributed by atoms with E-state index < -0.39 is 22.8 Å². The van der Waals surface area contributed by atoms with Gasteiger partial charge in [0.2, 0.25) is 0 Å². The molecule has 144 valence electrons. The lowest BCUT2D eigenvalue weighted by atomic mass is 9.80. The van der Waals surface area contributed by atoms with Crippen LogP contribution in [0.15, 0.2) is 73.1 Å². The Hall–Kier alpha value is -3.90. The molecular formula is C23H18N2O4. The van der Waals surface area contributed by atoms with E-state index in [1.54, 1.807) is 12.4 Å². The number of nitrogens with one attached hydrogen (secondary N) is 2. The number of hydrogen-bond acceptors (Lipinski definition) is 4. The molecule has 3 aromatic carbocycles. The third kappa shape index (κ3) is 2.40. The van der Waals surface area contributed by atoms with Crippen molar-refractivity contribution in [3.63, 3.8) is 0 Å². The summed E-state index contributed by atoms with van der Waals surface area (Å²) in [6.45, 7) is 0. The van der Waals surface area contributed by atoms with Crippen LogP contribution in [0.1, 0.15) is 16.7 Å². The van der Waals surface area contributed by atoms with Crippen LogP contribution < -0.4 is 0 Å². The van der Waals surface area contributed by atoms with E-state index in [1.807, 2.05) is 48.5 Å². The third-order valence-corrected chi connectivity index (χ3v) is 5.45. The van der Waals surface area contributed by atoms with Crippen molar-refractivity contribution in [1.29, 1.82) is 0 Å². The second-order valence-corrected chi connectivity index (χ2v) is 7.07. The van der Waals surface area contributed by atoms with Crippen LogP contribution in [0.25, 0.3) is 21.8 Å². The zero-order valence-electron chi connectivity index (χ0n) is 15.2. The number of aliphatic hydroxyl groups is 1. The molecule has 0 bridgehead atoms. The molecule has 0 aliphatic rings. The highest BCUT2D eigenvalue weighted by atomic mass is 16.3. The highest BCUT2D eigenvalue weighted by Gasteiger charge is 2.39. The summed E-state index contributed by atoms with van der Waals surface area (Å²) in [5.74, 6) is -1.66. The number of hydrogen-bond donors (Lipinski definition) is 6. The van der Waals surface area contributed by atoms with Crippen LogP contribution in [0.5, 0.6) is 17.2 Å². The number of fused-ring (bicyclic) bond motifs is 2. The van der Waals surface area contributed by atoms with Crippen LogP contribution in [0, 0.1) is 0 Å². The number of aromatic amines is 2. The van der Waals surface area contributed by atoms with Crippen molar-refractivity contribution in [2.45, 2.75) is 5.60 Å². The molecule has 6 heteroatoms. The minimum atomic E-state index is -1.72. The van der Waals surface area contributed by atoms with Gasteiger partial charge < -0.3 is 30.4 Å². The van der Waals surface area contributed by atoms with Gasteiger partial charge in [-0.25, -0.2) is 0 Å². The van der Waals surface area contributed by atoms with Gasteiger partial charge >= 0.3 is 0 Å². The fraction of sp³-hybridized carbons (Fsp3) is 0.0435. The molecule has 0 spiro atoms. The van der Waals surface area contributed by atoms with E-state index in [-0.39, 0.29) is 5.56 Å². The summed E-state index contributed by atoms with van der Waals surface area (Å²) in [5, 5.41) is 43.9. The molecule has 2 heterocycles. The first kappa shape index (κ1) is 17.2. The molecule has 0 fully saturated rings. The second-order valence-electron chi connectivity index (χ2n) is 7.07. The van der Waals surface area contributed by atoms with E-state index in [2.05, 4.69) is 9.97 Å². The van der Waals surface area contributed by atoms with E-state index in [1.165, 1.54) is 12.1 Å². The lowest BCUT2D eigenvalue weighted by molar-refractivity contribution is 0.128. The SMILES string of the molecule is Oc1cc(C(O)(c2c[nH]c3ccccc23)c2c[nH]c3ccccc23)cc(O)c1O. The maximum Gasteiger partial charge on any atom is 0.200 e. The van der Waals surface area contributed by atoms with Gasteiger partial charge in [0.05, 0.1) is 0 Å². The zero-order valence-corrected chi connectivity index (χ0v) is 15.2. The van der Waals surface area contributed by atoms with Crippen LogP contribution in [-0.4, -0.2) is 30.4 Å². The summed E-state index contributed by atoms with van der Waals surface area (Å²) in [6.07, 6.45) is 3.43. The van der Waals surface area contributed by atoms with Gasteiger partial charge in [-0.15, -0.1) is 0 Å². The first-order chi connectivity index (χ1) is 14.0. The standard InChI is InChI=1S/C23H18N2O4/c26-20-9-13(10-21(27)22(20)28)23(29,16-11-24-18-7-3-1-5-14(16)18)17-12-25-19-8-4-2-6-15(17)19/h1-12,24-29H. The molecule has 5 aromatic rings. The van der Waals surface area contributed by atoms with Crippen LogP contribution in [-0.2, 0) is 5.60 Å². The molecule has 0 radical (unpaired) electrons. The minimum absolute atomic E-state index is 0.222.